The van der Waals surface area contributed by atoms with Crippen LogP contribution in [0.3, 0.4) is 0 Å². The van der Waals surface area contributed by atoms with Crippen molar-refractivity contribution in [2.45, 2.75) is 164 Å². The topological polar surface area (TPSA) is 207 Å². The summed E-state index contributed by atoms with van der Waals surface area (Å²) in [5, 5.41) is 8.11. The highest BCUT2D eigenvalue weighted by atomic mass is 16.6. The van der Waals surface area contributed by atoms with Gasteiger partial charge in [-0.1, -0.05) is 96.9 Å². The quantitative estimate of drug-likeness (QED) is 0.153. The van der Waals surface area contributed by atoms with Crippen LogP contribution in [-0.4, -0.2) is 120 Å². The number of amides is 5. The molecule has 16 nitrogen and oxygen atoms in total. The van der Waals surface area contributed by atoms with E-state index in [4.69, 9.17) is 14.2 Å². The average Bonchev–Trinajstić information content (AvgIpc) is 3.27. The van der Waals surface area contributed by atoms with Crippen molar-refractivity contribution in [3.8, 4) is 0 Å². The number of esters is 3. The summed E-state index contributed by atoms with van der Waals surface area (Å²) in [6.45, 7) is 18.5. The number of carbonyl (C=O) groups is 8. The van der Waals surface area contributed by atoms with Crippen LogP contribution in [0.5, 0.6) is 0 Å². The minimum Gasteiger partial charge on any atom is -0.462 e. The summed E-state index contributed by atoms with van der Waals surface area (Å²) < 4.78 is 17.8. The van der Waals surface area contributed by atoms with Crippen LogP contribution in [0, 0.1) is 17.8 Å². The molecule has 1 aromatic carbocycles. The number of carbonyl (C=O) groups excluding carboxylic acids is 8. The molecule has 0 spiro atoms. The van der Waals surface area contributed by atoms with Crippen molar-refractivity contribution in [2.24, 2.45) is 17.8 Å². The van der Waals surface area contributed by atoms with Crippen molar-refractivity contribution in [2.75, 3.05) is 20.6 Å². The molecule has 9 atom stereocenters. The van der Waals surface area contributed by atoms with Crippen LogP contribution in [0.15, 0.2) is 53.6 Å². The third-order valence-corrected chi connectivity index (χ3v) is 11.8. The van der Waals surface area contributed by atoms with E-state index in [1.54, 1.807) is 64.1 Å². The molecule has 1 aliphatic rings. The number of cyclic esters (lactones) is 2. The molecule has 0 saturated heterocycles. The van der Waals surface area contributed by atoms with Gasteiger partial charge in [0.05, 0.1) is 6.54 Å². The molecule has 0 unspecified atom stereocenters. The van der Waals surface area contributed by atoms with Gasteiger partial charge in [0, 0.05) is 44.8 Å². The van der Waals surface area contributed by atoms with E-state index in [-0.39, 0.29) is 37.2 Å². The second-order valence-corrected chi connectivity index (χ2v) is 17.8. The smallest absolute Gasteiger partial charge is 0.334 e. The first-order chi connectivity index (χ1) is 30.6. The van der Waals surface area contributed by atoms with Crippen molar-refractivity contribution in [1.29, 1.82) is 0 Å². The summed E-state index contributed by atoms with van der Waals surface area (Å²) in [5.41, 5.74) is 1.50. The zero-order chi connectivity index (χ0) is 49.1. The van der Waals surface area contributed by atoms with Gasteiger partial charge in [0.2, 0.25) is 23.6 Å². The molecule has 1 heterocycles. The zero-order valence-corrected chi connectivity index (χ0v) is 40.9. The third-order valence-electron chi connectivity index (χ3n) is 11.8. The van der Waals surface area contributed by atoms with Gasteiger partial charge in [-0.2, -0.15) is 0 Å². The molecule has 2 rings (SSSR count). The molecule has 65 heavy (non-hydrogen) atoms. The van der Waals surface area contributed by atoms with Crippen LogP contribution < -0.4 is 16.0 Å². The molecule has 0 bridgehead atoms. The monoisotopic (exact) mass is 910 g/mol. The summed E-state index contributed by atoms with van der Waals surface area (Å²) in [6.07, 6.45) is 2.39. The van der Waals surface area contributed by atoms with E-state index < -0.39 is 108 Å². The average molecular weight is 910 g/mol. The highest BCUT2D eigenvalue weighted by molar-refractivity contribution is 5.96. The van der Waals surface area contributed by atoms with Crippen LogP contribution in [0.4, 0.5) is 0 Å². The molecule has 1 aliphatic heterocycles. The Balaban J connectivity index is 2.72. The summed E-state index contributed by atoms with van der Waals surface area (Å²) in [4.78, 5) is 112. The summed E-state index contributed by atoms with van der Waals surface area (Å²) in [5.74, 6) is -6.41. The number of unbranched alkanes of at least 4 members (excludes halogenated alkanes) is 1. The van der Waals surface area contributed by atoms with Gasteiger partial charge in [-0.25, -0.2) is 9.59 Å². The first kappa shape index (κ1) is 55.6. The molecular formula is C49H75N5O11. The Morgan fingerprint density at radius 3 is 2.11 bits per heavy atom. The first-order valence-corrected chi connectivity index (χ1v) is 22.9. The van der Waals surface area contributed by atoms with Crippen molar-refractivity contribution >= 4 is 47.4 Å². The van der Waals surface area contributed by atoms with Crippen LogP contribution in [-0.2, 0) is 59.0 Å². The second-order valence-electron chi connectivity index (χ2n) is 17.8. The molecule has 0 saturated carbocycles. The molecule has 0 radical (unpaired) electrons. The number of likely N-dealkylation sites (N-methyl/N-ethyl adjacent to an activating group) is 2. The minimum absolute atomic E-state index is 0.0184. The van der Waals surface area contributed by atoms with Crippen LogP contribution in [0.25, 0.3) is 0 Å². The molecule has 0 aromatic heterocycles. The van der Waals surface area contributed by atoms with Crippen molar-refractivity contribution in [1.82, 2.24) is 25.8 Å². The fourth-order valence-electron chi connectivity index (χ4n) is 7.24. The number of rotatable bonds is 11. The maximum Gasteiger partial charge on any atom is 0.334 e. The molecule has 16 heteroatoms. The van der Waals surface area contributed by atoms with Gasteiger partial charge in [-0.3, -0.25) is 28.8 Å². The van der Waals surface area contributed by atoms with Gasteiger partial charge in [0.25, 0.3) is 5.91 Å². The summed E-state index contributed by atoms with van der Waals surface area (Å²) >= 11 is 0. The van der Waals surface area contributed by atoms with E-state index in [9.17, 15) is 38.4 Å². The van der Waals surface area contributed by atoms with Gasteiger partial charge < -0.3 is 40.0 Å². The van der Waals surface area contributed by atoms with E-state index in [0.717, 1.165) is 12.0 Å². The molecule has 3 N–H and O–H groups in total. The lowest BCUT2D eigenvalue weighted by Gasteiger charge is -2.33. The first-order valence-electron chi connectivity index (χ1n) is 22.9. The highest BCUT2D eigenvalue weighted by Crippen LogP contribution is 2.26. The van der Waals surface area contributed by atoms with E-state index in [1.807, 2.05) is 33.8 Å². The number of ether oxygens (including phenoxy) is 3. The highest BCUT2D eigenvalue weighted by Gasteiger charge is 2.37. The third kappa shape index (κ3) is 17.4. The number of nitrogens with zero attached hydrogens (tertiary/aromatic N) is 2. The fraction of sp³-hybridized carbons (Fsp3) is 0.633. The number of hydrogen-bond donors (Lipinski definition) is 3. The van der Waals surface area contributed by atoms with Crippen LogP contribution in [0.1, 0.15) is 120 Å². The van der Waals surface area contributed by atoms with Crippen molar-refractivity contribution in [3.63, 3.8) is 0 Å². The Bertz CT molecular complexity index is 1860. The molecule has 0 fully saturated rings. The van der Waals surface area contributed by atoms with Gasteiger partial charge >= 0.3 is 17.9 Å². The SMILES string of the molecule is C/C=C(\C)[C@H]1OC(=O)[C@@H](C)NC(=O)[C@H]([C@H](C)CC)NC(=O)CN(C)C(=O)[C@@H](Cc2ccccc2)N(C)C(=O)[C@H](C)NC(=O)[C@@H](CC(C)C)OC(=O)/C(C)=C/C[C@H](OC(=O)CCCC)[C@@H]1C. The molecule has 1 aromatic rings. The van der Waals surface area contributed by atoms with Crippen molar-refractivity contribution < 1.29 is 52.6 Å². The van der Waals surface area contributed by atoms with Crippen molar-refractivity contribution in [3.05, 3.63) is 59.2 Å². The predicted octanol–water partition coefficient (Wildman–Crippen LogP) is 4.98. The Morgan fingerprint density at radius 1 is 0.892 bits per heavy atom. The van der Waals surface area contributed by atoms with Gasteiger partial charge in [-0.15, -0.1) is 0 Å². The molecule has 362 valence electrons. The predicted molar refractivity (Wildman–Crippen MR) is 247 cm³/mol. The Morgan fingerprint density at radius 2 is 1.52 bits per heavy atom. The maximum absolute atomic E-state index is 14.2. The maximum atomic E-state index is 14.2. The van der Waals surface area contributed by atoms with Crippen LogP contribution in [0.2, 0.25) is 0 Å². The van der Waals surface area contributed by atoms with E-state index >= 15 is 0 Å². The Hall–Kier alpha value is -5.54. The van der Waals surface area contributed by atoms with E-state index in [1.165, 1.54) is 44.7 Å². The second kappa shape index (κ2) is 27.1. The van der Waals surface area contributed by atoms with E-state index in [2.05, 4.69) is 16.0 Å². The largest absolute Gasteiger partial charge is 0.462 e. The van der Waals surface area contributed by atoms with Gasteiger partial charge in [-0.05, 0) is 70.4 Å². The lowest BCUT2D eigenvalue weighted by Crippen LogP contribution is -2.57. The molecule has 0 aliphatic carbocycles. The fourth-order valence-corrected chi connectivity index (χ4v) is 7.24. The molecule has 5 amide bonds. The number of allylic oxidation sites excluding steroid dienone is 1. The van der Waals surface area contributed by atoms with Crippen LogP contribution >= 0.6 is 0 Å². The zero-order valence-electron chi connectivity index (χ0n) is 40.9. The standard InChI is InChI=1S/C49H75N5O11/c1-14-17-23-41(56)63-38-25-24-32(8)48(61)64-39(26-29(4)5)44(57)50-34(10)46(59)54(13)37(27-36-21-19-18-20-22-36)47(60)53(12)28-40(55)52-42(30(6)15-2)45(58)51-35(11)49(62)65-43(33(38)9)31(7)16-3/h16,18-22,24,29-30,33-35,37-39,42-43H,14-15,17,23,25-28H2,1-13H3,(H,50,57)(H,51,58)(H,52,55)/b31-16+,32-24+/t30-,33+,34+,35-,37-,38+,39-,42+,43-/m1/s1. The number of benzene rings is 1. The van der Waals surface area contributed by atoms with Gasteiger partial charge in [0.1, 0.15) is 36.4 Å². The van der Waals surface area contributed by atoms with Gasteiger partial charge in [0.15, 0.2) is 6.10 Å². The number of hydrogen-bond acceptors (Lipinski definition) is 11. The molecular weight excluding hydrogens is 835 g/mol. The Kier molecular flexibility index (Phi) is 23.1. The Labute approximate surface area is 386 Å². The lowest BCUT2D eigenvalue weighted by molar-refractivity contribution is -0.160. The summed E-state index contributed by atoms with van der Waals surface area (Å²) in [7, 11) is 2.85. The minimum atomic E-state index is -1.29. The van der Waals surface area contributed by atoms with E-state index in [0.29, 0.717) is 18.4 Å². The summed E-state index contributed by atoms with van der Waals surface area (Å²) in [6, 6.07) is 4.44. The lowest BCUT2D eigenvalue weighted by atomic mass is 9.90. The normalized spacial score (nSPS) is 27.1. The number of nitrogens with one attached hydrogen (secondary N) is 3.